The molecule has 1 saturated heterocycles. The average molecular weight is 462 g/mol. The van der Waals surface area contributed by atoms with E-state index in [0.717, 1.165) is 49.0 Å². The van der Waals surface area contributed by atoms with E-state index in [1.54, 1.807) is 31.2 Å². The zero-order chi connectivity index (χ0) is 23.1. The highest BCUT2D eigenvalue weighted by Gasteiger charge is 2.29. The highest BCUT2D eigenvalue weighted by Crippen LogP contribution is 2.24. The first kappa shape index (κ1) is 24.0. The first-order chi connectivity index (χ1) is 15.3. The number of nitrogens with zero attached hydrogens (tertiary/aromatic N) is 2. The van der Waals surface area contributed by atoms with E-state index >= 15 is 0 Å². The summed E-state index contributed by atoms with van der Waals surface area (Å²) in [7, 11) is -2.13. The number of anilines is 1. The summed E-state index contributed by atoms with van der Waals surface area (Å²) in [6, 6.07) is 13.7. The molecular formula is C23H31N3O5S. The first-order valence-corrected chi connectivity index (χ1v) is 12.4. The number of carbonyl (C=O) groups excluding carboxylic acids is 1. The third-order valence-corrected chi connectivity index (χ3v) is 6.63. The second kappa shape index (κ2) is 10.8. The van der Waals surface area contributed by atoms with Gasteiger partial charge >= 0.3 is 0 Å². The number of nitrogens with one attached hydrogen (secondary N) is 1. The molecule has 8 nitrogen and oxygen atoms in total. The molecule has 1 aliphatic heterocycles. The van der Waals surface area contributed by atoms with Crippen LogP contribution in [0.3, 0.4) is 0 Å². The first-order valence-electron chi connectivity index (χ1n) is 10.6. The van der Waals surface area contributed by atoms with Crippen LogP contribution in [0.2, 0.25) is 0 Å². The number of amides is 1. The number of morpholine rings is 1. The van der Waals surface area contributed by atoms with Crippen LogP contribution in [0.25, 0.3) is 0 Å². The Hall–Kier alpha value is -2.62. The summed E-state index contributed by atoms with van der Waals surface area (Å²) in [5.41, 5.74) is 2.54. The zero-order valence-electron chi connectivity index (χ0n) is 18.8. The van der Waals surface area contributed by atoms with Gasteiger partial charge in [0.25, 0.3) is 0 Å². The van der Waals surface area contributed by atoms with E-state index in [9.17, 15) is 13.2 Å². The van der Waals surface area contributed by atoms with Crippen molar-refractivity contribution in [1.29, 1.82) is 0 Å². The highest BCUT2D eigenvalue weighted by atomic mass is 32.2. The molecule has 174 valence electrons. The van der Waals surface area contributed by atoms with Gasteiger partial charge in [0.1, 0.15) is 11.8 Å². The second-order valence-electron chi connectivity index (χ2n) is 7.86. The number of methoxy groups -OCH3 is 1. The van der Waals surface area contributed by atoms with Gasteiger partial charge in [-0.2, -0.15) is 0 Å². The molecule has 1 unspecified atom stereocenters. The number of ether oxygens (including phenoxy) is 2. The molecule has 1 aliphatic rings. The van der Waals surface area contributed by atoms with Gasteiger partial charge in [-0.1, -0.05) is 24.3 Å². The monoisotopic (exact) mass is 461 g/mol. The number of sulfonamides is 1. The lowest BCUT2D eigenvalue weighted by molar-refractivity contribution is -0.122. The molecule has 0 aliphatic carbocycles. The Morgan fingerprint density at radius 1 is 1.16 bits per heavy atom. The van der Waals surface area contributed by atoms with Gasteiger partial charge in [-0.05, 0) is 42.3 Å². The van der Waals surface area contributed by atoms with E-state index in [4.69, 9.17) is 9.47 Å². The topological polar surface area (TPSA) is 88.2 Å². The number of rotatable bonds is 9. The standard InChI is InChI=1S/C23H31N3O5S/c1-18(26(32(3,28)29)21-7-9-22(30-2)10-8-21)23(27)24-16-19-5-4-6-20(15-19)17-25-11-13-31-14-12-25/h4-10,15,18H,11-14,16-17H2,1-3H3,(H,24,27). The minimum absolute atomic E-state index is 0.320. The van der Waals surface area contributed by atoms with Crippen LogP contribution in [0.15, 0.2) is 48.5 Å². The highest BCUT2D eigenvalue weighted by molar-refractivity contribution is 7.92. The van der Waals surface area contributed by atoms with Crippen molar-refractivity contribution >= 4 is 21.6 Å². The van der Waals surface area contributed by atoms with E-state index in [0.29, 0.717) is 18.0 Å². The van der Waals surface area contributed by atoms with Crippen molar-refractivity contribution in [2.45, 2.75) is 26.1 Å². The van der Waals surface area contributed by atoms with Crippen molar-refractivity contribution < 1.29 is 22.7 Å². The summed E-state index contributed by atoms with van der Waals surface area (Å²) in [6.07, 6.45) is 1.09. The van der Waals surface area contributed by atoms with Gasteiger partial charge in [0.05, 0.1) is 32.3 Å². The van der Waals surface area contributed by atoms with Crippen LogP contribution in [0.5, 0.6) is 5.75 Å². The van der Waals surface area contributed by atoms with Crippen LogP contribution in [0.4, 0.5) is 5.69 Å². The molecule has 0 radical (unpaired) electrons. The summed E-state index contributed by atoms with van der Waals surface area (Å²) in [5, 5.41) is 2.87. The molecule has 32 heavy (non-hydrogen) atoms. The average Bonchev–Trinajstić information content (AvgIpc) is 2.78. The number of hydrogen-bond acceptors (Lipinski definition) is 6. The van der Waals surface area contributed by atoms with E-state index < -0.39 is 16.1 Å². The minimum atomic E-state index is -3.67. The van der Waals surface area contributed by atoms with Gasteiger partial charge in [-0.15, -0.1) is 0 Å². The van der Waals surface area contributed by atoms with Crippen LogP contribution in [0, 0.1) is 0 Å². The smallest absolute Gasteiger partial charge is 0.243 e. The fourth-order valence-corrected chi connectivity index (χ4v) is 4.91. The van der Waals surface area contributed by atoms with Crippen molar-refractivity contribution in [1.82, 2.24) is 10.2 Å². The summed E-state index contributed by atoms with van der Waals surface area (Å²) in [6.45, 7) is 6.05. The van der Waals surface area contributed by atoms with Crippen LogP contribution >= 0.6 is 0 Å². The quantitative estimate of drug-likeness (QED) is 0.615. The Kier molecular flexibility index (Phi) is 8.11. The molecule has 0 spiro atoms. The molecule has 0 saturated carbocycles. The predicted molar refractivity (Wildman–Crippen MR) is 124 cm³/mol. The van der Waals surface area contributed by atoms with Crippen molar-refractivity contribution in [2.75, 3.05) is 44.0 Å². The summed E-state index contributed by atoms with van der Waals surface area (Å²) < 4.78 is 36.5. The molecule has 3 rings (SSSR count). The normalized spacial score (nSPS) is 15.7. The predicted octanol–water partition coefficient (Wildman–Crippen LogP) is 2.00. The summed E-state index contributed by atoms with van der Waals surface area (Å²) in [5.74, 6) is 0.237. The Morgan fingerprint density at radius 3 is 2.44 bits per heavy atom. The Balaban J connectivity index is 1.65. The van der Waals surface area contributed by atoms with Gasteiger partial charge in [-0.3, -0.25) is 14.0 Å². The molecule has 2 aromatic carbocycles. The van der Waals surface area contributed by atoms with Crippen LogP contribution in [-0.4, -0.2) is 64.9 Å². The molecule has 0 aromatic heterocycles. The van der Waals surface area contributed by atoms with Gasteiger partial charge in [-0.25, -0.2) is 8.42 Å². The molecule has 1 atom stereocenters. The Bertz CT molecular complexity index is 1000. The maximum Gasteiger partial charge on any atom is 0.243 e. The molecular weight excluding hydrogens is 430 g/mol. The number of hydrogen-bond donors (Lipinski definition) is 1. The van der Waals surface area contributed by atoms with Crippen LogP contribution in [-0.2, 0) is 32.6 Å². The minimum Gasteiger partial charge on any atom is -0.497 e. The molecule has 1 N–H and O–H groups in total. The number of carbonyl (C=O) groups is 1. The summed E-state index contributed by atoms with van der Waals surface area (Å²) >= 11 is 0. The van der Waals surface area contributed by atoms with Crippen molar-refractivity contribution in [3.05, 3.63) is 59.7 Å². The lowest BCUT2D eigenvalue weighted by atomic mass is 10.1. The van der Waals surface area contributed by atoms with Crippen LogP contribution in [0.1, 0.15) is 18.1 Å². The van der Waals surface area contributed by atoms with Gasteiger partial charge in [0, 0.05) is 26.2 Å². The largest absolute Gasteiger partial charge is 0.497 e. The zero-order valence-corrected chi connectivity index (χ0v) is 19.6. The molecule has 1 heterocycles. The molecule has 2 aromatic rings. The fourth-order valence-electron chi connectivity index (χ4n) is 3.73. The SMILES string of the molecule is COc1ccc(N(C(C)C(=O)NCc2cccc(CN3CCOCC3)c2)S(C)(=O)=O)cc1. The molecule has 9 heteroatoms. The van der Waals surface area contributed by atoms with Gasteiger partial charge < -0.3 is 14.8 Å². The Morgan fingerprint density at radius 2 is 1.81 bits per heavy atom. The lowest BCUT2D eigenvalue weighted by Crippen LogP contribution is -2.47. The van der Waals surface area contributed by atoms with Gasteiger partial charge in [0.15, 0.2) is 0 Å². The molecule has 0 bridgehead atoms. The Labute approximate surface area is 190 Å². The van der Waals surface area contributed by atoms with Crippen molar-refractivity contribution in [3.63, 3.8) is 0 Å². The second-order valence-corrected chi connectivity index (χ2v) is 9.72. The molecule has 1 fully saturated rings. The van der Waals surface area contributed by atoms with E-state index in [2.05, 4.69) is 22.3 Å². The van der Waals surface area contributed by atoms with Crippen LogP contribution < -0.4 is 14.4 Å². The lowest BCUT2D eigenvalue weighted by Gasteiger charge is -2.28. The van der Waals surface area contributed by atoms with Gasteiger partial charge in [0.2, 0.25) is 15.9 Å². The van der Waals surface area contributed by atoms with Crippen molar-refractivity contribution in [3.8, 4) is 5.75 Å². The van der Waals surface area contributed by atoms with E-state index in [1.165, 1.54) is 12.7 Å². The maximum absolute atomic E-state index is 12.8. The van der Waals surface area contributed by atoms with Crippen molar-refractivity contribution in [2.24, 2.45) is 0 Å². The summed E-state index contributed by atoms with van der Waals surface area (Å²) in [4.78, 5) is 15.2. The third kappa shape index (κ3) is 6.44. The van der Waals surface area contributed by atoms with E-state index in [-0.39, 0.29) is 5.91 Å². The maximum atomic E-state index is 12.8. The third-order valence-electron chi connectivity index (χ3n) is 5.38. The number of benzene rings is 2. The van der Waals surface area contributed by atoms with E-state index in [1.807, 2.05) is 12.1 Å². The fraction of sp³-hybridized carbons (Fsp3) is 0.435. The molecule has 1 amide bonds.